The van der Waals surface area contributed by atoms with Crippen LogP contribution >= 0.6 is 0 Å². The van der Waals surface area contributed by atoms with Crippen LogP contribution in [0.4, 0.5) is 4.79 Å². The topological polar surface area (TPSA) is 79.0 Å². The lowest BCUT2D eigenvalue weighted by Crippen LogP contribution is -2.43. The van der Waals surface area contributed by atoms with Gasteiger partial charge in [0.05, 0.1) is 0 Å². The molecule has 0 spiro atoms. The number of nitrogens with one attached hydrogen (secondary N) is 1. The minimum atomic E-state index is -0.615. The van der Waals surface area contributed by atoms with Crippen molar-refractivity contribution in [3.63, 3.8) is 0 Å². The van der Waals surface area contributed by atoms with Crippen LogP contribution in [0.5, 0.6) is 0 Å². The normalized spacial score (nSPS) is 14.5. The number of nitrogens with zero attached hydrogens (tertiary/aromatic N) is 2. The molecule has 0 unspecified atom stereocenters. The van der Waals surface area contributed by atoms with E-state index in [2.05, 4.69) is 5.32 Å². The standard InChI is InChI=1S/C25H31N3O4/c1-25(2,3)32-24(31)26-18-22(29)27-14-7-15-28(17-16-27)23(30)21-12-10-20(11-13-21)19-8-5-4-6-9-19/h4-6,8-13H,7,14-18H2,1-3H3,(H,26,31). The highest BCUT2D eigenvalue weighted by atomic mass is 16.6. The monoisotopic (exact) mass is 437 g/mol. The van der Waals surface area contributed by atoms with Crippen LogP contribution < -0.4 is 5.32 Å². The highest BCUT2D eigenvalue weighted by Crippen LogP contribution is 2.20. The second-order valence-electron chi connectivity index (χ2n) is 8.83. The molecule has 3 amide bonds. The van der Waals surface area contributed by atoms with Gasteiger partial charge in [0.2, 0.25) is 5.91 Å². The Hall–Kier alpha value is -3.35. The maximum atomic E-state index is 13.0. The molecule has 0 atom stereocenters. The van der Waals surface area contributed by atoms with E-state index in [1.54, 1.807) is 30.6 Å². The molecule has 0 aromatic heterocycles. The zero-order valence-corrected chi connectivity index (χ0v) is 19.0. The molecule has 0 saturated carbocycles. The Bertz CT molecular complexity index is 936. The lowest BCUT2D eigenvalue weighted by atomic mass is 10.0. The van der Waals surface area contributed by atoms with Gasteiger partial charge >= 0.3 is 6.09 Å². The molecule has 1 N–H and O–H groups in total. The molecule has 1 saturated heterocycles. The SMILES string of the molecule is CC(C)(C)OC(=O)NCC(=O)N1CCCN(C(=O)c2ccc(-c3ccccc3)cc2)CC1. The Morgan fingerprint density at radius 1 is 0.844 bits per heavy atom. The zero-order chi connectivity index (χ0) is 23.1. The van der Waals surface area contributed by atoms with Gasteiger partial charge in [0.15, 0.2) is 0 Å². The first kappa shape index (κ1) is 23.3. The van der Waals surface area contributed by atoms with Gasteiger partial charge in [0.1, 0.15) is 12.1 Å². The van der Waals surface area contributed by atoms with Gasteiger partial charge in [-0.3, -0.25) is 9.59 Å². The van der Waals surface area contributed by atoms with Crippen molar-refractivity contribution in [2.75, 3.05) is 32.7 Å². The molecule has 0 bridgehead atoms. The summed E-state index contributed by atoms with van der Waals surface area (Å²) in [5.41, 5.74) is 2.19. The summed E-state index contributed by atoms with van der Waals surface area (Å²) in [7, 11) is 0. The molecule has 2 aromatic rings. The molecule has 0 aliphatic carbocycles. The summed E-state index contributed by atoms with van der Waals surface area (Å²) in [5, 5.41) is 2.50. The second-order valence-corrected chi connectivity index (χ2v) is 8.83. The van der Waals surface area contributed by atoms with E-state index in [1.807, 2.05) is 54.6 Å². The number of hydrogen-bond donors (Lipinski definition) is 1. The Kier molecular flexibility index (Phi) is 7.51. The van der Waals surface area contributed by atoms with E-state index in [4.69, 9.17) is 4.74 Å². The smallest absolute Gasteiger partial charge is 0.408 e. The van der Waals surface area contributed by atoms with E-state index in [9.17, 15) is 14.4 Å². The minimum absolute atomic E-state index is 0.0363. The summed E-state index contributed by atoms with van der Waals surface area (Å²) in [6, 6.07) is 17.6. The van der Waals surface area contributed by atoms with Crippen LogP contribution in [0.2, 0.25) is 0 Å². The number of ether oxygens (including phenoxy) is 1. The van der Waals surface area contributed by atoms with Gasteiger partial charge < -0.3 is 19.9 Å². The minimum Gasteiger partial charge on any atom is -0.444 e. The first-order valence-electron chi connectivity index (χ1n) is 10.9. The van der Waals surface area contributed by atoms with Crippen LogP contribution in [0.3, 0.4) is 0 Å². The number of benzene rings is 2. The Morgan fingerprint density at radius 2 is 1.44 bits per heavy atom. The quantitative estimate of drug-likeness (QED) is 0.793. The molecular formula is C25H31N3O4. The number of amides is 3. The predicted octanol–water partition coefficient (Wildman–Crippen LogP) is 3.55. The third kappa shape index (κ3) is 6.57. The van der Waals surface area contributed by atoms with Gasteiger partial charge in [-0.1, -0.05) is 42.5 Å². The molecule has 1 aliphatic heterocycles. The van der Waals surface area contributed by atoms with Crippen molar-refractivity contribution in [1.82, 2.24) is 15.1 Å². The fraction of sp³-hybridized carbons (Fsp3) is 0.400. The van der Waals surface area contributed by atoms with Gasteiger partial charge in [-0.05, 0) is 50.5 Å². The Morgan fingerprint density at radius 3 is 2.09 bits per heavy atom. The average Bonchev–Trinajstić information content (AvgIpc) is 3.03. The summed E-state index contributed by atoms with van der Waals surface area (Å²) in [6.07, 6.45) is 0.0721. The Balaban J connectivity index is 1.52. The highest BCUT2D eigenvalue weighted by molar-refractivity contribution is 5.94. The molecule has 170 valence electrons. The molecular weight excluding hydrogens is 406 g/mol. The Labute approximate surface area is 189 Å². The first-order chi connectivity index (χ1) is 15.2. The number of alkyl carbamates (subject to hydrolysis) is 1. The van der Waals surface area contributed by atoms with Crippen LogP contribution in [0, 0.1) is 0 Å². The lowest BCUT2D eigenvalue weighted by molar-refractivity contribution is -0.130. The van der Waals surface area contributed by atoms with Crippen LogP contribution in [-0.2, 0) is 9.53 Å². The van der Waals surface area contributed by atoms with Crippen molar-refractivity contribution in [3.05, 3.63) is 60.2 Å². The van der Waals surface area contributed by atoms with Crippen LogP contribution in [0.1, 0.15) is 37.6 Å². The van der Waals surface area contributed by atoms with Gasteiger partial charge in [-0.15, -0.1) is 0 Å². The number of rotatable bonds is 4. The molecule has 0 radical (unpaired) electrons. The van der Waals surface area contributed by atoms with E-state index in [-0.39, 0.29) is 18.4 Å². The molecule has 2 aromatic carbocycles. The summed E-state index contributed by atoms with van der Waals surface area (Å²) >= 11 is 0. The van der Waals surface area contributed by atoms with Gasteiger partial charge in [0.25, 0.3) is 5.91 Å². The third-order valence-electron chi connectivity index (χ3n) is 5.16. The molecule has 3 rings (SSSR count). The summed E-state index contributed by atoms with van der Waals surface area (Å²) in [5.74, 6) is -0.219. The average molecular weight is 438 g/mol. The van der Waals surface area contributed by atoms with E-state index >= 15 is 0 Å². The summed E-state index contributed by atoms with van der Waals surface area (Å²) < 4.78 is 5.16. The largest absolute Gasteiger partial charge is 0.444 e. The maximum absolute atomic E-state index is 13.0. The third-order valence-corrected chi connectivity index (χ3v) is 5.16. The van der Waals surface area contributed by atoms with Crippen molar-refractivity contribution >= 4 is 17.9 Å². The zero-order valence-electron chi connectivity index (χ0n) is 19.0. The maximum Gasteiger partial charge on any atom is 0.408 e. The number of hydrogen-bond acceptors (Lipinski definition) is 4. The van der Waals surface area contributed by atoms with Crippen molar-refractivity contribution in [3.8, 4) is 11.1 Å². The fourth-order valence-corrected chi connectivity index (χ4v) is 3.56. The van der Waals surface area contributed by atoms with Crippen LogP contribution in [-0.4, -0.2) is 66.0 Å². The van der Waals surface area contributed by atoms with Crippen LogP contribution in [0.25, 0.3) is 11.1 Å². The van der Waals surface area contributed by atoms with Crippen LogP contribution in [0.15, 0.2) is 54.6 Å². The fourth-order valence-electron chi connectivity index (χ4n) is 3.56. The van der Waals surface area contributed by atoms with Crippen molar-refractivity contribution < 1.29 is 19.1 Å². The van der Waals surface area contributed by atoms with Crippen molar-refractivity contribution in [1.29, 1.82) is 0 Å². The van der Waals surface area contributed by atoms with Crippen molar-refractivity contribution in [2.24, 2.45) is 0 Å². The van der Waals surface area contributed by atoms with Crippen molar-refractivity contribution in [2.45, 2.75) is 32.8 Å². The predicted molar refractivity (Wildman–Crippen MR) is 123 cm³/mol. The van der Waals surface area contributed by atoms with E-state index in [1.165, 1.54) is 0 Å². The second kappa shape index (κ2) is 10.3. The summed E-state index contributed by atoms with van der Waals surface area (Å²) in [6.45, 7) is 7.20. The molecule has 32 heavy (non-hydrogen) atoms. The summed E-state index contributed by atoms with van der Waals surface area (Å²) in [4.78, 5) is 40.7. The van der Waals surface area contributed by atoms with E-state index in [0.717, 1.165) is 11.1 Å². The molecule has 1 fully saturated rings. The highest BCUT2D eigenvalue weighted by Gasteiger charge is 2.24. The van der Waals surface area contributed by atoms with Gasteiger partial charge in [-0.2, -0.15) is 0 Å². The van der Waals surface area contributed by atoms with E-state index < -0.39 is 11.7 Å². The van der Waals surface area contributed by atoms with E-state index in [0.29, 0.717) is 38.2 Å². The van der Waals surface area contributed by atoms with Gasteiger partial charge in [0, 0.05) is 31.7 Å². The molecule has 7 heteroatoms. The van der Waals surface area contributed by atoms with Gasteiger partial charge in [-0.25, -0.2) is 4.79 Å². The number of carbonyl (C=O) groups excluding carboxylic acids is 3. The molecule has 1 heterocycles. The molecule has 1 aliphatic rings. The number of carbonyl (C=O) groups is 3. The molecule has 7 nitrogen and oxygen atoms in total. The lowest BCUT2D eigenvalue weighted by Gasteiger charge is -2.23. The first-order valence-corrected chi connectivity index (χ1v) is 10.9.